The second-order valence-corrected chi connectivity index (χ2v) is 2.73. The highest BCUT2D eigenvalue weighted by Gasteiger charge is 2.13. The van der Waals surface area contributed by atoms with Crippen LogP contribution in [0.25, 0.3) is 0 Å². The molecule has 0 atom stereocenters. The van der Waals surface area contributed by atoms with E-state index in [1.54, 1.807) is 12.1 Å². The summed E-state index contributed by atoms with van der Waals surface area (Å²) in [5, 5.41) is 0. The highest BCUT2D eigenvalue weighted by atomic mass is 16.7. The Labute approximate surface area is 81.3 Å². The van der Waals surface area contributed by atoms with Crippen molar-refractivity contribution in [3.05, 3.63) is 18.2 Å². The van der Waals surface area contributed by atoms with Crippen LogP contribution >= 0.6 is 0 Å². The van der Waals surface area contributed by atoms with Gasteiger partial charge in [0.25, 0.3) is 0 Å². The highest BCUT2D eigenvalue weighted by Crippen LogP contribution is 2.34. The van der Waals surface area contributed by atoms with Crippen molar-refractivity contribution in [2.75, 3.05) is 20.0 Å². The van der Waals surface area contributed by atoms with Gasteiger partial charge in [0.15, 0.2) is 11.5 Å². The minimum absolute atomic E-state index is 0.269. The smallest absolute Gasteiger partial charge is 0.231 e. The first-order valence-corrected chi connectivity index (χ1v) is 4.24. The number of ether oxygens (including phenoxy) is 3. The van der Waals surface area contributed by atoms with Crippen LogP contribution in [0.4, 0.5) is 0 Å². The Bertz CT molecular complexity index is 316. The molecule has 14 heavy (non-hydrogen) atoms. The van der Waals surface area contributed by atoms with Gasteiger partial charge in [-0.05, 0) is 12.1 Å². The third kappa shape index (κ3) is 1.89. The third-order valence-corrected chi connectivity index (χ3v) is 1.81. The van der Waals surface area contributed by atoms with E-state index < -0.39 is 0 Å². The van der Waals surface area contributed by atoms with Gasteiger partial charge in [0.2, 0.25) is 6.79 Å². The molecule has 0 fully saturated rings. The van der Waals surface area contributed by atoms with Crippen molar-refractivity contribution < 1.29 is 19.0 Å². The lowest BCUT2D eigenvalue weighted by Gasteiger charge is -2.05. The summed E-state index contributed by atoms with van der Waals surface area (Å²) < 4.78 is 15.7. The van der Waals surface area contributed by atoms with Gasteiger partial charge >= 0.3 is 0 Å². The zero-order chi connectivity index (χ0) is 9.80. The van der Waals surface area contributed by atoms with Gasteiger partial charge in [0, 0.05) is 6.07 Å². The van der Waals surface area contributed by atoms with Gasteiger partial charge in [-0.25, -0.2) is 5.90 Å². The molecule has 0 aliphatic carbocycles. The van der Waals surface area contributed by atoms with Gasteiger partial charge in [-0.15, -0.1) is 0 Å². The topological polar surface area (TPSA) is 62.9 Å². The molecule has 2 N–H and O–H groups in total. The van der Waals surface area contributed by atoms with Crippen LogP contribution in [0.3, 0.4) is 0 Å². The summed E-state index contributed by atoms with van der Waals surface area (Å²) in [6, 6.07) is 5.39. The maximum Gasteiger partial charge on any atom is 0.231 e. The Morgan fingerprint density at radius 2 is 2.07 bits per heavy atom. The van der Waals surface area contributed by atoms with Crippen LogP contribution < -0.4 is 20.1 Å². The summed E-state index contributed by atoms with van der Waals surface area (Å²) >= 11 is 0. The van der Waals surface area contributed by atoms with Crippen molar-refractivity contribution in [1.29, 1.82) is 0 Å². The van der Waals surface area contributed by atoms with Gasteiger partial charge in [0.05, 0.1) is 0 Å². The lowest BCUT2D eigenvalue weighted by Crippen LogP contribution is -2.09. The zero-order valence-electron chi connectivity index (χ0n) is 7.56. The van der Waals surface area contributed by atoms with E-state index in [1.807, 2.05) is 6.07 Å². The molecule has 0 saturated heterocycles. The third-order valence-electron chi connectivity index (χ3n) is 1.81. The predicted octanol–water partition coefficient (Wildman–Crippen LogP) is 0.684. The van der Waals surface area contributed by atoms with E-state index in [-0.39, 0.29) is 6.79 Å². The van der Waals surface area contributed by atoms with E-state index in [0.29, 0.717) is 24.7 Å². The lowest BCUT2D eigenvalue weighted by molar-refractivity contribution is 0.102. The molecule has 1 heterocycles. The highest BCUT2D eigenvalue weighted by molar-refractivity contribution is 5.46. The fourth-order valence-corrected chi connectivity index (χ4v) is 1.17. The van der Waals surface area contributed by atoms with E-state index in [4.69, 9.17) is 20.1 Å². The molecule has 1 aliphatic rings. The monoisotopic (exact) mass is 197 g/mol. The second-order valence-electron chi connectivity index (χ2n) is 2.73. The van der Waals surface area contributed by atoms with Crippen LogP contribution in [0, 0.1) is 0 Å². The molecule has 2 rings (SSSR count). The van der Waals surface area contributed by atoms with Gasteiger partial charge in [-0.3, -0.25) is 0 Å². The Hall–Kier alpha value is -1.46. The molecule has 1 aromatic carbocycles. The summed E-state index contributed by atoms with van der Waals surface area (Å²) in [5.74, 6) is 7.02. The van der Waals surface area contributed by atoms with Gasteiger partial charge in [-0.1, -0.05) is 0 Å². The van der Waals surface area contributed by atoms with Crippen LogP contribution in [0.5, 0.6) is 17.2 Å². The van der Waals surface area contributed by atoms with Crippen molar-refractivity contribution in [2.45, 2.75) is 0 Å². The number of rotatable bonds is 4. The van der Waals surface area contributed by atoms with Crippen molar-refractivity contribution in [1.82, 2.24) is 0 Å². The quantitative estimate of drug-likeness (QED) is 0.568. The number of benzene rings is 1. The van der Waals surface area contributed by atoms with Crippen LogP contribution in [0.1, 0.15) is 0 Å². The predicted molar refractivity (Wildman–Crippen MR) is 48.2 cm³/mol. The minimum atomic E-state index is 0.269. The van der Waals surface area contributed by atoms with Crippen molar-refractivity contribution >= 4 is 0 Å². The van der Waals surface area contributed by atoms with Gasteiger partial charge < -0.3 is 19.0 Å². The van der Waals surface area contributed by atoms with E-state index in [1.165, 1.54) is 0 Å². The standard InChI is InChI=1S/C9H11NO4/c10-14-4-3-11-7-1-2-8-9(5-7)13-6-12-8/h1-2,5H,3-4,6,10H2. The number of hydrogen-bond acceptors (Lipinski definition) is 5. The van der Waals surface area contributed by atoms with Gasteiger partial charge in [-0.2, -0.15) is 0 Å². The molecular formula is C9H11NO4. The summed E-state index contributed by atoms with van der Waals surface area (Å²) in [5.41, 5.74) is 0. The van der Waals surface area contributed by atoms with Gasteiger partial charge in [0.1, 0.15) is 19.0 Å². The van der Waals surface area contributed by atoms with Crippen LogP contribution in [-0.2, 0) is 4.84 Å². The maximum atomic E-state index is 5.33. The van der Waals surface area contributed by atoms with Crippen molar-refractivity contribution in [3.8, 4) is 17.2 Å². The fraction of sp³-hybridized carbons (Fsp3) is 0.333. The second kappa shape index (κ2) is 4.17. The molecule has 0 bridgehead atoms. The fourth-order valence-electron chi connectivity index (χ4n) is 1.17. The van der Waals surface area contributed by atoms with E-state index in [2.05, 4.69) is 4.84 Å². The molecule has 76 valence electrons. The molecule has 0 radical (unpaired) electrons. The summed E-state index contributed by atoms with van der Waals surface area (Å²) in [7, 11) is 0. The van der Waals surface area contributed by atoms with E-state index in [0.717, 1.165) is 5.75 Å². The molecule has 1 aliphatic heterocycles. The Morgan fingerprint density at radius 1 is 1.21 bits per heavy atom. The Kier molecular flexibility index (Phi) is 2.71. The molecule has 0 unspecified atom stereocenters. The minimum Gasteiger partial charge on any atom is -0.491 e. The molecule has 0 amide bonds. The van der Waals surface area contributed by atoms with Crippen LogP contribution in [-0.4, -0.2) is 20.0 Å². The molecule has 0 aromatic heterocycles. The molecular weight excluding hydrogens is 186 g/mol. The summed E-state index contributed by atoms with van der Waals surface area (Å²) in [4.78, 5) is 4.38. The van der Waals surface area contributed by atoms with E-state index in [9.17, 15) is 0 Å². The summed E-state index contributed by atoms with van der Waals surface area (Å²) in [6.07, 6.45) is 0. The molecule has 5 heteroatoms. The average molecular weight is 197 g/mol. The molecule has 0 spiro atoms. The van der Waals surface area contributed by atoms with Crippen molar-refractivity contribution in [3.63, 3.8) is 0 Å². The number of fused-ring (bicyclic) bond motifs is 1. The maximum absolute atomic E-state index is 5.33. The molecule has 0 saturated carbocycles. The molecule has 5 nitrogen and oxygen atoms in total. The number of nitrogens with two attached hydrogens (primary N) is 1. The lowest BCUT2D eigenvalue weighted by atomic mass is 10.3. The van der Waals surface area contributed by atoms with E-state index >= 15 is 0 Å². The SMILES string of the molecule is NOCCOc1ccc2c(c1)OCO2. The molecule has 1 aromatic rings. The first kappa shape index (κ1) is 9.11. The first-order valence-electron chi connectivity index (χ1n) is 4.24. The van der Waals surface area contributed by atoms with Crippen molar-refractivity contribution in [2.24, 2.45) is 5.90 Å². The van der Waals surface area contributed by atoms with Crippen LogP contribution in [0.2, 0.25) is 0 Å². The average Bonchev–Trinajstić information content (AvgIpc) is 2.65. The zero-order valence-corrected chi connectivity index (χ0v) is 7.56. The largest absolute Gasteiger partial charge is 0.491 e. The van der Waals surface area contributed by atoms with Crippen LogP contribution in [0.15, 0.2) is 18.2 Å². The Balaban J connectivity index is 1.98. The first-order chi connectivity index (χ1) is 6.90. The summed E-state index contributed by atoms with van der Waals surface area (Å²) in [6.45, 7) is 1.04. The number of hydrogen-bond donors (Lipinski definition) is 1. The Morgan fingerprint density at radius 3 is 2.93 bits per heavy atom. The normalized spacial score (nSPS) is 12.9.